The Bertz CT molecular complexity index is 622. The topological polar surface area (TPSA) is 67.6 Å². The summed E-state index contributed by atoms with van der Waals surface area (Å²) in [4.78, 5) is 14.0. The van der Waals surface area contributed by atoms with Crippen LogP contribution in [-0.4, -0.2) is 46.5 Å². The summed E-state index contributed by atoms with van der Waals surface area (Å²) in [5.41, 5.74) is 1.36. The van der Waals surface area contributed by atoms with Crippen LogP contribution in [0.2, 0.25) is 0 Å². The molecule has 6 nitrogen and oxygen atoms in total. The highest BCUT2D eigenvalue weighted by Crippen LogP contribution is 2.23. The van der Waals surface area contributed by atoms with Gasteiger partial charge in [-0.15, -0.1) is 0 Å². The molecule has 2 rings (SSSR count). The summed E-state index contributed by atoms with van der Waals surface area (Å²) in [6, 6.07) is 6.90. The zero-order chi connectivity index (χ0) is 16.1. The van der Waals surface area contributed by atoms with E-state index < -0.39 is 6.04 Å². The van der Waals surface area contributed by atoms with Gasteiger partial charge in [0, 0.05) is 19.8 Å². The van der Waals surface area contributed by atoms with E-state index in [4.69, 9.17) is 4.74 Å². The Balaban J connectivity index is 2.19. The number of ether oxygens (including phenoxy) is 1. The van der Waals surface area contributed by atoms with Gasteiger partial charge in [-0.1, -0.05) is 12.1 Å². The molecule has 6 heteroatoms. The number of likely N-dealkylation sites (N-methyl/N-ethyl adjacent to an activating group) is 1. The summed E-state index contributed by atoms with van der Waals surface area (Å²) >= 11 is 0. The molecule has 0 saturated heterocycles. The molecule has 1 unspecified atom stereocenters. The Morgan fingerprint density at radius 1 is 1.41 bits per heavy atom. The maximum atomic E-state index is 12.5. The van der Waals surface area contributed by atoms with Gasteiger partial charge >= 0.3 is 0 Å². The van der Waals surface area contributed by atoms with E-state index in [1.165, 1.54) is 4.90 Å². The lowest BCUT2D eigenvalue weighted by atomic mass is 10.1. The minimum atomic E-state index is -0.414. The van der Waals surface area contributed by atoms with E-state index in [0.717, 1.165) is 11.3 Å². The summed E-state index contributed by atoms with van der Waals surface area (Å²) in [6.45, 7) is 2.51. The number of aryl methyl sites for hydroxylation is 1. The smallest absolute Gasteiger partial charge is 0.257 e. The Hall–Kier alpha value is -2.34. The monoisotopic (exact) mass is 303 g/mol. The first-order chi connectivity index (χ1) is 10.6. The summed E-state index contributed by atoms with van der Waals surface area (Å²) in [5.74, 6) is 0.563. The highest BCUT2D eigenvalue weighted by atomic mass is 16.5. The number of benzene rings is 1. The molecular formula is C16H21N3O3. The number of aromatic nitrogens is 2. The second kappa shape index (κ2) is 7.09. The van der Waals surface area contributed by atoms with Crippen molar-refractivity contribution in [3.63, 3.8) is 0 Å². The molecule has 118 valence electrons. The molecule has 0 aliphatic rings. The normalized spacial score (nSPS) is 12.0. The van der Waals surface area contributed by atoms with Gasteiger partial charge in [0.05, 0.1) is 31.5 Å². The van der Waals surface area contributed by atoms with Crippen LogP contribution in [0.25, 0.3) is 0 Å². The van der Waals surface area contributed by atoms with E-state index in [9.17, 15) is 9.90 Å². The second-order valence-corrected chi connectivity index (χ2v) is 4.97. The third-order valence-electron chi connectivity index (χ3n) is 3.67. The third-order valence-corrected chi connectivity index (χ3v) is 3.67. The predicted molar refractivity (Wildman–Crippen MR) is 82.8 cm³/mol. The van der Waals surface area contributed by atoms with Crippen LogP contribution in [0.15, 0.2) is 36.7 Å². The molecule has 0 saturated carbocycles. The van der Waals surface area contributed by atoms with Crippen LogP contribution < -0.4 is 4.74 Å². The standard InChI is InChI=1S/C16H21N3O3/c1-4-19-10-13(9-17-19)16(21)18(2)15(11-20)12-5-7-14(22-3)8-6-12/h5-10,15,20H,4,11H2,1-3H3. The number of rotatable bonds is 6. The summed E-state index contributed by atoms with van der Waals surface area (Å²) < 4.78 is 6.82. The largest absolute Gasteiger partial charge is 0.497 e. The van der Waals surface area contributed by atoms with Crippen LogP contribution >= 0.6 is 0 Å². The van der Waals surface area contributed by atoms with E-state index in [-0.39, 0.29) is 12.5 Å². The van der Waals surface area contributed by atoms with Crippen LogP contribution in [0.5, 0.6) is 5.75 Å². The summed E-state index contributed by atoms with van der Waals surface area (Å²) in [7, 11) is 3.27. The SMILES string of the molecule is CCn1cc(C(=O)N(C)C(CO)c2ccc(OC)cc2)cn1. The number of carbonyl (C=O) groups is 1. The van der Waals surface area contributed by atoms with Crippen LogP contribution in [0.1, 0.15) is 28.9 Å². The quantitative estimate of drug-likeness (QED) is 0.882. The third kappa shape index (κ3) is 3.28. The Morgan fingerprint density at radius 3 is 2.59 bits per heavy atom. The fourth-order valence-corrected chi connectivity index (χ4v) is 2.27. The molecule has 0 bridgehead atoms. The number of hydrogen-bond acceptors (Lipinski definition) is 4. The van der Waals surface area contributed by atoms with Crippen molar-refractivity contribution in [1.29, 1.82) is 0 Å². The molecule has 0 fully saturated rings. The van der Waals surface area contributed by atoms with Crippen molar-refractivity contribution < 1.29 is 14.6 Å². The van der Waals surface area contributed by atoms with Gasteiger partial charge in [0.2, 0.25) is 0 Å². The van der Waals surface area contributed by atoms with Gasteiger partial charge in [0.1, 0.15) is 5.75 Å². The van der Waals surface area contributed by atoms with Crippen LogP contribution in [0.4, 0.5) is 0 Å². The van der Waals surface area contributed by atoms with Crippen molar-refractivity contribution in [3.05, 3.63) is 47.8 Å². The van der Waals surface area contributed by atoms with E-state index in [1.54, 1.807) is 31.2 Å². The highest BCUT2D eigenvalue weighted by molar-refractivity contribution is 5.93. The van der Waals surface area contributed by atoms with E-state index in [2.05, 4.69) is 5.10 Å². The first kappa shape index (κ1) is 16.0. The highest BCUT2D eigenvalue weighted by Gasteiger charge is 2.23. The van der Waals surface area contributed by atoms with Crippen molar-refractivity contribution in [1.82, 2.24) is 14.7 Å². The minimum Gasteiger partial charge on any atom is -0.497 e. The zero-order valence-corrected chi connectivity index (χ0v) is 13.1. The first-order valence-corrected chi connectivity index (χ1v) is 7.15. The van der Waals surface area contributed by atoms with Gasteiger partial charge in [-0.25, -0.2) is 0 Å². The zero-order valence-electron chi connectivity index (χ0n) is 13.1. The number of aliphatic hydroxyl groups is 1. The fraction of sp³-hybridized carbons (Fsp3) is 0.375. The molecule has 1 amide bonds. The summed E-state index contributed by atoms with van der Waals surface area (Å²) in [6.07, 6.45) is 3.26. The molecule has 1 heterocycles. The van der Waals surface area contributed by atoms with Gasteiger partial charge < -0.3 is 14.7 Å². The molecule has 1 atom stereocenters. The molecular weight excluding hydrogens is 282 g/mol. The number of methoxy groups -OCH3 is 1. The van der Waals surface area contributed by atoms with Gasteiger partial charge in [0.25, 0.3) is 5.91 Å². The second-order valence-electron chi connectivity index (χ2n) is 4.97. The predicted octanol–water partition coefficient (Wildman–Crippen LogP) is 1.72. The van der Waals surface area contributed by atoms with Crippen molar-refractivity contribution in [2.75, 3.05) is 20.8 Å². The lowest BCUT2D eigenvalue weighted by molar-refractivity contribution is 0.0658. The maximum Gasteiger partial charge on any atom is 0.257 e. The van der Waals surface area contributed by atoms with E-state index in [0.29, 0.717) is 12.1 Å². The number of nitrogens with zero attached hydrogens (tertiary/aromatic N) is 3. The lowest BCUT2D eigenvalue weighted by Crippen LogP contribution is -2.33. The maximum absolute atomic E-state index is 12.5. The van der Waals surface area contributed by atoms with Crippen LogP contribution in [0.3, 0.4) is 0 Å². The number of amides is 1. The molecule has 1 N–H and O–H groups in total. The van der Waals surface area contributed by atoms with Crippen LogP contribution in [-0.2, 0) is 6.54 Å². The van der Waals surface area contributed by atoms with Crippen molar-refractivity contribution in [3.8, 4) is 5.75 Å². The molecule has 22 heavy (non-hydrogen) atoms. The van der Waals surface area contributed by atoms with Gasteiger partial charge in [-0.3, -0.25) is 9.48 Å². The minimum absolute atomic E-state index is 0.156. The van der Waals surface area contributed by atoms with Crippen molar-refractivity contribution >= 4 is 5.91 Å². The molecule has 1 aromatic heterocycles. The molecule has 0 spiro atoms. The summed E-state index contributed by atoms with van der Waals surface area (Å²) in [5, 5.41) is 13.8. The molecule has 2 aromatic rings. The average Bonchev–Trinajstić information content (AvgIpc) is 3.04. The lowest BCUT2D eigenvalue weighted by Gasteiger charge is -2.26. The molecule has 0 radical (unpaired) electrons. The number of carbonyl (C=O) groups excluding carboxylic acids is 1. The molecule has 0 aliphatic carbocycles. The number of aliphatic hydroxyl groups excluding tert-OH is 1. The van der Waals surface area contributed by atoms with Gasteiger partial charge in [-0.2, -0.15) is 5.10 Å². The Morgan fingerprint density at radius 2 is 2.09 bits per heavy atom. The number of hydrogen-bond donors (Lipinski definition) is 1. The van der Waals surface area contributed by atoms with Gasteiger partial charge in [-0.05, 0) is 24.6 Å². The molecule has 0 aliphatic heterocycles. The van der Waals surface area contributed by atoms with E-state index in [1.807, 2.05) is 31.2 Å². The average molecular weight is 303 g/mol. The van der Waals surface area contributed by atoms with E-state index >= 15 is 0 Å². The Labute approximate surface area is 129 Å². The van der Waals surface area contributed by atoms with Gasteiger partial charge in [0.15, 0.2) is 0 Å². The van der Waals surface area contributed by atoms with Crippen molar-refractivity contribution in [2.24, 2.45) is 0 Å². The fourth-order valence-electron chi connectivity index (χ4n) is 2.27. The molecule has 1 aromatic carbocycles. The Kier molecular flexibility index (Phi) is 5.16. The first-order valence-electron chi connectivity index (χ1n) is 7.15. The van der Waals surface area contributed by atoms with Crippen molar-refractivity contribution in [2.45, 2.75) is 19.5 Å². The van der Waals surface area contributed by atoms with Crippen LogP contribution in [0, 0.1) is 0 Å².